The lowest BCUT2D eigenvalue weighted by Crippen LogP contribution is -2.06. The highest BCUT2D eigenvalue weighted by molar-refractivity contribution is 8.04. The summed E-state index contributed by atoms with van der Waals surface area (Å²) < 4.78 is 11.4. The summed E-state index contributed by atoms with van der Waals surface area (Å²) in [5.41, 5.74) is 2.54. The Morgan fingerprint density at radius 1 is 0.970 bits per heavy atom. The van der Waals surface area contributed by atoms with Gasteiger partial charge in [-0.25, -0.2) is 4.79 Å². The molecular weight excluding hydrogens is 456 g/mol. The van der Waals surface area contributed by atoms with E-state index in [1.54, 1.807) is 36.4 Å². The Morgan fingerprint density at radius 3 is 2.58 bits per heavy atom. The number of Topliss-reactive ketones (excluding diaryl/α,β-unsaturated/α-hetero) is 1. The van der Waals surface area contributed by atoms with Gasteiger partial charge >= 0.3 is 5.97 Å². The summed E-state index contributed by atoms with van der Waals surface area (Å²) in [5, 5.41) is 0.302. The van der Waals surface area contributed by atoms with Gasteiger partial charge in [0.05, 0.1) is 15.5 Å². The first-order valence-corrected chi connectivity index (χ1v) is 11.4. The maximum atomic E-state index is 12.6. The van der Waals surface area contributed by atoms with Crippen molar-refractivity contribution in [2.75, 3.05) is 0 Å². The van der Waals surface area contributed by atoms with E-state index in [9.17, 15) is 9.59 Å². The highest BCUT2D eigenvalue weighted by Gasteiger charge is 2.25. The maximum absolute atomic E-state index is 12.6. The van der Waals surface area contributed by atoms with Gasteiger partial charge in [0, 0.05) is 16.0 Å². The fourth-order valence-corrected chi connectivity index (χ4v) is 4.71. The van der Waals surface area contributed by atoms with Gasteiger partial charge in [-0.05, 0) is 54.1 Å². The molecule has 4 nitrogen and oxygen atoms in total. The van der Waals surface area contributed by atoms with Crippen LogP contribution in [0.3, 0.4) is 0 Å². The van der Waals surface area contributed by atoms with E-state index in [0.29, 0.717) is 32.6 Å². The van der Waals surface area contributed by atoms with Gasteiger partial charge in [0.25, 0.3) is 0 Å². The number of allylic oxidation sites excluding steroid dienone is 1. The van der Waals surface area contributed by atoms with Gasteiger partial charge in [0.2, 0.25) is 5.78 Å². The monoisotopic (exact) mass is 472 g/mol. The quantitative estimate of drug-likeness (QED) is 0.225. The van der Waals surface area contributed by atoms with Crippen LogP contribution in [0.25, 0.3) is 17.4 Å². The average molecular weight is 473 g/mol. The van der Waals surface area contributed by atoms with Gasteiger partial charge in [0.15, 0.2) is 0 Å². The van der Waals surface area contributed by atoms with Crippen LogP contribution in [-0.2, 0) is 11.3 Å². The fourth-order valence-electron chi connectivity index (χ4n) is 3.49. The summed E-state index contributed by atoms with van der Waals surface area (Å²) in [7, 11) is 0. The molecule has 0 atom stereocenters. The predicted octanol–water partition coefficient (Wildman–Crippen LogP) is 7.29. The molecule has 5 rings (SSSR count). The molecule has 33 heavy (non-hydrogen) atoms. The lowest BCUT2D eigenvalue weighted by Gasteiger charge is -2.08. The third-order valence-corrected chi connectivity index (χ3v) is 6.59. The summed E-state index contributed by atoms with van der Waals surface area (Å²) in [4.78, 5) is 26.8. The Hall–Kier alpha value is -3.54. The molecule has 1 aliphatic rings. The number of thioether (sulfide) groups is 1. The third-order valence-electron chi connectivity index (χ3n) is 5.16. The number of fused-ring (bicyclic) bond motifs is 1. The van der Waals surface area contributed by atoms with E-state index in [2.05, 4.69) is 0 Å². The highest BCUT2D eigenvalue weighted by Crippen LogP contribution is 2.41. The van der Waals surface area contributed by atoms with Crippen molar-refractivity contribution in [1.29, 1.82) is 0 Å². The van der Waals surface area contributed by atoms with E-state index in [4.69, 9.17) is 20.8 Å². The second-order valence-electron chi connectivity index (χ2n) is 7.39. The first-order valence-electron chi connectivity index (χ1n) is 10.2. The number of hydrogen-bond acceptors (Lipinski definition) is 5. The van der Waals surface area contributed by atoms with E-state index >= 15 is 0 Å². The van der Waals surface area contributed by atoms with Gasteiger partial charge in [-0.3, -0.25) is 4.79 Å². The van der Waals surface area contributed by atoms with Crippen LogP contribution in [-0.4, -0.2) is 11.8 Å². The largest absolute Gasteiger partial charge is 0.457 e. The van der Waals surface area contributed by atoms with Crippen LogP contribution < -0.4 is 0 Å². The summed E-state index contributed by atoms with van der Waals surface area (Å²) >= 11 is 7.69. The Morgan fingerprint density at radius 2 is 1.76 bits per heavy atom. The molecular formula is C27H17ClO4S. The molecule has 0 amide bonds. The Labute approximate surface area is 199 Å². The van der Waals surface area contributed by atoms with Crippen molar-refractivity contribution in [2.24, 2.45) is 0 Å². The molecule has 0 bridgehead atoms. The van der Waals surface area contributed by atoms with E-state index < -0.39 is 5.97 Å². The Bertz CT molecular complexity index is 1390. The molecule has 0 N–H and O–H groups in total. The van der Waals surface area contributed by atoms with Gasteiger partial charge in [-0.2, -0.15) is 0 Å². The van der Waals surface area contributed by atoms with Crippen LogP contribution >= 0.6 is 23.4 Å². The van der Waals surface area contributed by atoms with Crippen LogP contribution in [0, 0.1) is 0 Å². The molecule has 2 heterocycles. The number of ether oxygens (including phenoxy) is 1. The Kier molecular flexibility index (Phi) is 5.90. The lowest BCUT2D eigenvalue weighted by atomic mass is 10.1. The first-order chi connectivity index (χ1) is 16.1. The lowest BCUT2D eigenvalue weighted by molar-refractivity contribution is 0.0473. The normalized spacial score (nSPS) is 13.8. The molecule has 0 radical (unpaired) electrons. The fraction of sp³-hybridized carbons (Fsp3) is 0.0370. The van der Waals surface area contributed by atoms with Crippen LogP contribution in [0.2, 0.25) is 5.02 Å². The minimum Gasteiger partial charge on any atom is -0.457 e. The molecule has 0 aliphatic carbocycles. The van der Waals surface area contributed by atoms with Crippen molar-refractivity contribution in [1.82, 2.24) is 0 Å². The number of furan rings is 1. The van der Waals surface area contributed by atoms with Crippen LogP contribution in [0.5, 0.6) is 0 Å². The first kappa shape index (κ1) is 21.3. The second-order valence-corrected chi connectivity index (χ2v) is 8.89. The second kappa shape index (κ2) is 9.14. The summed E-state index contributed by atoms with van der Waals surface area (Å²) in [6.45, 7) is 0.160. The zero-order valence-corrected chi connectivity index (χ0v) is 18.9. The molecule has 1 aromatic heterocycles. The smallest absolute Gasteiger partial charge is 0.340 e. The summed E-state index contributed by atoms with van der Waals surface area (Å²) in [5.74, 6) is 0.592. The number of ketones is 1. The topological polar surface area (TPSA) is 56.5 Å². The number of halogens is 1. The zero-order chi connectivity index (χ0) is 22.8. The minimum atomic E-state index is -0.509. The van der Waals surface area contributed by atoms with Crippen LogP contribution in [0.4, 0.5) is 0 Å². The number of hydrogen-bond donors (Lipinski definition) is 0. The van der Waals surface area contributed by atoms with E-state index in [0.717, 1.165) is 10.5 Å². The SMILES string of the molecule is O=C(OCc1ccccc1)c1cc(-c2ccc(C=C3Sc4ccccc4C3=O)o2)ccc1Cl. The van der Waals surface area contributed by atoms with E-state index in [-0.39, 0.29) is 18.0 Å². The van der Waals surface area contributed by atoms with E-state index in [1.165, 1.54) is 11.8 Å². The number of rotatable bonds is 5. The Balaban J connectivity index is 1.35. The van der Waals surface area contributed by atoms with Gasteiger partial charge < -0.3 is 9.15 Å². The number of esters is 1. The molecule has 162 valence electrons. The maximum Gasteiger partial charge on any atom is 0.340 e. The van der Waals surface area contributed by atoms with Crippen molar-refractivity contribution < 1.29 is 18.7 Å². The van der Waals surface area contributed by atoms with Crippen LogP contribution in [0.15, 0.2) is 99.1 Å². The van der Waals surface area contributed by atoms with Gasteiger partial charge in [0.1, 0.15) is 18.1 Å². The molecule has 4 aromatic rings. The molecule has 1 aliphatic heterocycles. The molecule has 0 saturated carbocycles. The van der Waals surface area contributed by atoms with Gasteiger partial charge in [-0.15, -0.1) is 0 Å². The molecule has 0 spiro atoms. The summed E-state index contributed by atoms with van der Waals surface area (Å²) in [6, 6.07) is 25.6. The molecule has 0 fully saturated rings. The highest BCUT2D eigenvalue weighted by atomic mass is 35.5. The zero-order valence-electron chi connectivity index (χ0n) is 17.3. The summed E-state index contributed by atoms with van der Waals surface area (Å²) in [6.07, 6.45) is 1.74. The third kappa shape index (κ3) is 4.51. The standard InChI is InChI=1S/C27H17ClO4S/c28-22-12-10-18(14-21(22)27(30)31-16-17-6-2-1-3-7-17)23-13-11-19(32-23)15-25-26(29)20-8-4-5-9-24(20)33-25/h1-15H,16H2. The minimum absolute atomic E-state index is 0.0107. The molecule has 0 saturated heterocycles. The predicted molar refractivity (Wildman–Crippen MR) is 129 cm³/mol. The molecule has 0 unspecified atom stereocenters. The van der Waals surface area contributed by atoms with Crippen molar-refractivity contribution >= 4 is 41.2 Å². The van der Waals surface area contributed by atoms with Crippen molar-refractivity contribution in [3.05, 3.63) is 117 Å². The van der Waals surface area contributed by atoms with E-state index in [1.807, 2.05) is 54.6 Å². The van der Waals surface area contributed by atoms with Crippen molar-refractivity contribution in [3.8, 4) is 11.3 Å². The average Bonchev–Trinajstić information content (AvgIpc) is 3.43. The number of carbonyl (C=O) groups is 2. The molecule has 3 aromatic carbocycles. The number of carbonyl (C=O) groups excluding carboxylic acids is 2. The van der Waals surface area contributed by atoms with Gasteiger partial charge in [-0.1, -0.05) is 65.8 Å². The van der Waals surface area contributed by atoms with Crippen LogP contribution in [0.1, 0.15) is 32.0 Å². The van der Waals surface area contributed by atoms with Crippen molar-refractivity contribution in [3.63, 3.8) is 0 Å². The molecule has 6 heteroatoms. The van der Waals surface area contributed by atoms with Crippen molar-refractivity contribution in [2.45, 2.75) is 11.5 Å². The number of benzene rings is 3.